The molecule has 3 rings (SSSR count). The second-order valence-corrected chi connectivity index (χ2v) is 6.50. The quantitative estimate of drug-likeness (QED) is 0.521. The van der Waals surface area contributed by atoms with Crippen LogP contribution in [0.15, 0.2) is 59.7 Å². The highest BCUT2D eigenvalue weighted by Gasteiger charge is 2.10. The van der Waals surface area contributed by atoms with Crippen LogP contribution in [-0.4, -0.2) is 23.8 Å². The third-order valence-corrected chi connectivity index (χ3v) is 4.53. The van der Waals surface area contributed by atoms with E-state index in [0.29, 0.717) is 16.3 Å². The maximum atomic E-state index is 12.2. The average molecular weight is 382 g/mol. The van der Waals surface area contributed by atoms with Gasteiger partial charge in [0.1, 0.15) is 5.75 Å². The number of hydrogen-bond donors (Lipinski definition) is 1. The second-order valence-electron chi connectivity index (χ2n) is 6.07. The lowest BCUT2D eigenvalue weighted by atomic mass is 10.2. The third kappa shape index (κ3) is 4.20. The summed E-state index contributed by atoms with van der Waals surface area (Å²) in [6, 6.07) is 16.5. The smallest absolute Gasteiger partial charge is 0.271 e. The molecule has 27 heavy (non-hydrogen) atoms. The van der Waals surface area contributed by atoms with E-state index in [1.165, 1.54) is 0 Å². The molecule has 0 fully saturated rings. The number of nitrogens with one attached hydrogen (secondary N) is 1. The van der Waals surface area contributed by atoms with Gasteiger partial charge in [0.2, 0.25) is 0 Å². The molecule has 0 unspecified atom stereocenters. The first kappa shape index (κ1) is 18.7. The molecule has 0 bridgehead atoms. The Morgan fingerprint density at radius 1 is 1.11 bits per heavy atom. The van der Waals surface area contributed by atoms with Crippen molar-refractivity contribution in [1.82, 2.24) is 9.99 Å². The van der Waals surface area contributed by atoms with E-state index >= 15 is 0 Å². The Kier molecular flexibility index (Phi) is 5.62. The first-order chi connectivity index (χ1) is 13.0. The number of benzene rings is 2. The minimum Gasteiger partial charge on any atom is -0.497 e. The summed E-state index contributed by atoms with van der Waals surface area (Å²) >= 11 is 5.97. The van der Waals surface area contributed by atoms with Gasteiger partial charge in [-0.25, -0.2) is 5.43 Å². The van der Waals surface area contributed by atoms with Gasteiger partial charge in [-0.3, -0.25) is 4.79 Å². The van der Waals surface area contributed by atoms with Crippen molar-refractivity contribution >= 4 is 23.7 Å². The summed E-state index contributed by atoms with van der Waals surface area (Å²) in [5, 5.41) is 4.79. The van der Waals surface area contributed by atoms with E-state index in [9.17, 15) is 4.79 Å². The number of methoxy groups -OCH3 is 1. The van der Waals surface area contributed by atoms with Gasteiger partial charge in [0.05, 0.1) is 13.3 Å². The minimum absolute atomic E-state index is 0.277. The Morgan fingerprint density at radius 2 is 1.78 bits per heavy atom. The number of halogens is 1. The van der Waals surface area contributed by atoms with Crippen molar-refractivity contribution in [3.8, 4) is 11.4 Å². The van der Waals surface area contributed by atoms with Crippen LogP contribution in [0.3, 0.4) is 0 Å². The van der Waals surface area contributed by atoms with Crippen molar-refractivity contribution in [2.75, 3.05) is 7.11 Å². The molecule has 5 nitrogen and oxygen atoms in total. The molecular weight excluding hydrogens is 362 g/mol. The zero-order valence-electron chi connectivity index (χ0n) is 15.4. The zero-order valence-corrected chi connectivity index (χ0v) is 16.1. The monoisotopic (exact) mass is 381 g/mol. The Morgan fingerprint density at radius 3 is 2.41 bits per heavy atom. The van der Waals surface area contributed by atoms with E-state index in [0.717, 1.165) is 22.6 Å². The lowest BCUT2D eigenvalue weighted by molar-refractivity contribution is 0.0955. The number of amides is 1. The molecule has 0 atom stereocenters. The molecule has 1 amide bonds. The molecular formula is C21H20ClN3O2. The standard InChI is InChI=1S/C21H20ClN3O2/c1-14-12-17(15(2)25(14)19-8-6-18(22)7-9-19)13-23-24-21(26)16-4-10-20(27-3)11-5-16/h4-13H,1-3H3,(H,24,26)/b23-13-. The van der Waals surface area contributed by atoms with Crippen molar-refractivity contribution in [1.29, 1.82) is 0 Å². The number of aromatic nitrogens is 1. The average Bonchev–Trinajstić information content (AvgIpc) is 2.96. The van der Waals surface area contributed by atoms with Gasteiger partial charge < -0.3 is 9.30 Å². The summed E-state index contributed by atoms with van der Waals surface area (Å²) in [5.41, 5.74) is 7.11. The molecule has 0 aliphatic heterocycles. The van der Waals surface area contributed by atoms with Crippen molar-refractivity contribution in [2.24, 2.45) is 5.10 Å². The maximum Gasteiger partial charge on any atom is 0.271 e. The fourth-order valence-corrected chi connectivity index (χ4v) is 3.00. The van der Waals surface area contributed by atoms with E-state index < -0.39 is 0 Å². The number of ether oxygens (including phenoxy) is 1. The first-order valence-electron chi connectivity index (χ1n) is 8.42. The number of hydrogen-bond acceptors (Lipinski definition) is 3. The Balaban J connectivity index is 1.74. The fraction of sp³-hybridized carbons (Fsp3) is 0.143. The predicted octanol–water partition coefficient (Wildman–Crippen LogP) is 4.52. The van der Waals surface area contributed by atoms with E-state index in [2.05, 4.69) is 15.1 Å². The summed E-state index contributed by atoms with van der Waals surface area (Å²) in [4.78, 5) is 12.2. The number of rotatable bonds is 5. The maximum absolute atomic E-state index is 12.2. The Hall–Kier alpha value is -3.05. The van der Waals surface area contributed by atoms with Crippen molar-refractivity contribution in [2.45, 2.75) is 13.8 Å². The van der Waals surface area contributed by atoms with Crippen LogP contribution in [0.2, 0.25) is 5.02 Å². The van der Waals surface area contributed by atoms with E-state index in [1.54, 1.807) is 37.6 Å². The zero-order chi connectivity index (χ0) is 19.4. The molecule has 0 saturated carbocycles. The van der Waals surface area contributed by atoms with Gasteiger partial charge in [-0.05, 0) is 68.4 Å². The van der Waals surface area contributed by atoms with Crippen LogP contribution < -0.4 is 10.2 Å². The van der Waals surface area contributed by atoms with Crippen LogP contribution in [0.5, 0.6) is 5.75 Å². The third-order valence-electron chi connectivity index (χ3n) is 4.28. The molecule has 0 saturated heterocycles. The number of nitrogens with zero attached hydrogens (tertiary/aromatic N) is 2. The first-order valence-corrected chi connectivity index (χ1v) is 8.79. The topological polar surface area (TPSA) is 55.6 Å². The number of aryl methyl sites for hydroxylation is 1. The lowest BCUT2D eigenvalue weighted by Crippen LogP contribution is -2.17. The number of carbonyl (C=O) groups is 1. The highest BCUT2D eigenvalue weighted by atomic mass is 35.5. The SMILES string of the molecule is COc1ccc(C(=O)N/N=C\c2cc(C)n(-c3ccc(Cl)cc3)c2C)cc1. The molecule has 1 heterocycles. The molecule has 0 aliphatic carbocycles. The molecule has 1 aromatic heterocycles. The number of carbonyl (C=O) groups excluding carboxylic acids is 1. The number of hydrazone groups is 1. The van der Waals surface area contributed by atoms with Gasteiger partial charge >= 0.3 is 0 Å². The minimum atomic E-state index is -0.277. The summed E-state index contributed by atoms with van der Waals surface area (Å²) in [6.07, 6.45) is 1.65. The fourth-order valence-electron chi connectivity index (χ4n) is 2.87. The van der Waals surface area contributed by atoms with Gasteiger partial charge in [-0.2, -0.15) is 5.10 Å². The lowest BCUT2D eigenvalue weighted by Gasteiger charge is -2.09. The highest BCUT2D eigenvalue weighted by molar-refractivity contribution is 6.30. The van der Waals surface area contributed by atoms with E-state index in [-0.39, 0.29) is 5.91 Å². The van der Waals surface area contributed by atoms with Crippen LogP contribution in [0.25, 0.3) is 5.69 Å². The van der Waals surface area contributed by atoms with Crippen LogP contribution in [-0.2, 0) is 0 Å². The van der Waals surface area contributed by atoms with E-state index in [4.69, 9.17) is 16.3 Å². The molecule has 6 heteroatoms. The molecule has 138 valence electrons. The molecule has 0 radical (unpaired) electrons. The van der Waals surface area contributed by atoms with Crippen molar-refractivity contribution in [3.63, 3.8) is 0 Å². The molecule has 0 spiro atoms. The van der Waals surface area contributed by atoms with Gasteiger partial charge in [0.25, 0.3) is 5.91 Å². The van der Waals surface area contributed by atoms with Crippen LogP contribution in [0.1, 0.15) is 27.3 Å². The molecule has 1 N–H and O–H groups in total. The Labute approximate surface area is 163 Å². The normalized spacial score (nSPS) is 11.0. The highest BCUT2D eigenvalue weighted by Crippen LogP contribution is 2.21. The van der Waals surface area contributed by atoms with Crippen LogP contribution in [0.4, 0.5) is 0 Å². The summed E-state index contributed by atoms with van der Waals surface area (Å²) in [7, 11) is 1.58. The van der Waals surface area contributed by atoms with Gasteiger partial charge in [-0.1, -0.05) is 11.6 Å². The van der Waals surface area contributed by atoms with Crippen LogP contribution >= 0.6 is 11.6 Å². The van der Waals surface area contributed by atoms with Gasteiger partial charge in [0.15, 0.2) is 0 Å². The Bertz CT molecular complexity index is 974. The largest absolute Gasteiger partial charge is 0.497 e. The van der Waals surface area contributed by atoms with Gasteiger partial charge in [-0.15, -0.1) is 0 Å². The summed E-state index contributed by atoms with van der Waals surface area (Å²) in [5.74, 6) is 0.421. The second kappa shape index (κ2) is 8.10. The summed E-state index contributed by atoms with van der Waals surface area (Å²) < 4.78 is 7.20. The van der Waals surface area contributed by atoms with Gasteiger partial charge in [0, 0.05) is 33.2 Å². The molecule has 3 aromatic rings. The van der Waals surface area contributed by atoms with Crippen LogP contribution in [0, 0.1) is 13.8 Å². The molecule has 2 aromatic carbocycles. The predicted molar refractivity (Wildman–Crippen MR) is 108 cm³/mol. The van der Waals surface area contributed by atoms with Crippen molar-refractivity contribution in [3.05, 3.63) is 82.1 Å². The van der Waals surface area contributed by atoms with Crippen molar-refractivity contribution < 1.29 is 9.53 Å². The molecule has 0 aliphatic rings. The van der Waals surface area contributed by atoms with E-state index in [1.807, 2.05) is 44.2 Å². The summed E-state index contributed by atoms with van der Waals surface area (Å²) in [6.45, 7) is 4.03.